The number of hydrogen-bond donors (Lipinski definition) is 2. The SMILES string of the molecule is Cc1ccc2cc(C(=O)NC(CO)CC(C)C)ccc2n1. The van der Waals surface area contributed by atoms with Crippen LogP contribution in [0.2, 0.25) is 0 Å². The van der Waals surface area contributed by atoms with Crippen LogP contribution in [0.1, 0.15) is 36.3 Å². The summed E-state index contributed by atoms with van der Waals surface area (Å²) in [6.07, 6.45) is 0.760. The number of pyridine rings is 1. The predicted molar refractivity (Wildman–Crippen MR) is 84.3 cm³/mol. The van der Waals surface area contributed by atoms with Gasteiger partial charge in [0.15, 0.2) is 0 Å². The van der Waals surface area contributed by atoms with Gasteiger partial charge in [0.05, 0.1) is 18.2 Å². The van der Waals surface area contributed by atoms with Gasteiger partial charge in [-0.15, -0.1) is 0 Å². The highest BCUT2D eigenvalue weighted by molar-refractivity contribution is 5.98. The Morgan fingerprint density at radius 1 is 1.29 bits per heavy atom. The third-order valence-electron chi connectivity index (χ3n) is 3.40. The van der Waals surface area contributed by atoms with Gasteiger partial charge in [-0.2, -0.15) is 0 Å². The summed E-state index contributed by atoms with van der Waals surface area (Å²) in [7, 11) is 0. The topological polar surface area (TPSA) is 62.2 Å². The van der Waals surface area contributed by atoms with Gasteiger partial charge in [-0.1, -0.05) is 19.9 Å². The third-order valence-corrected chi connectivity index (χ3v) is 3.40. The van der Waals surface area contributed by atoms with Crippen LogP contribution in [0.4, 0.5) is 0 Å². The fourth-order valence-electron chi connectivity index (χ4n) is 2.39. The second-order valence-corrected chi connectivity index (χ2v) is 5.84. The van der Waals surface area contributed by atoms with Crippen molar-refractivity contribution in [3.05, 3.63) is 41.6 Å². The van der Waals surface area contributed by atoms with Gasteiger partial charge < -0.3 is 10.4 Å². The van der Waals surface area contributed by atoms with E-state index in [4.69, 9.17) is 0 Å². The minimum atomic E-state index is -0.204. The summed E-state index contributed by atoms with van der Waals surface area (Å²) < 4.78 is 0. The number of benzene rings is 1. The molecule has 2 N–H and O–H groups in total. The number of carbonyl (C=O) groups excluding carboxylic acids is 1. The Balaban J connectivity index is 2.17. The Labute approximate surface area is 125 Å². The average molecular weight is 286 g/mol. The highest BCUT2D eigenvalue weighted by atomic mass is 16.3. The molecule has 21 heavy (non-hydrogen) atoms. The highest BCUT2D eigenvalue weighted by Gasteiger charge is 2.14. The van der Waals surface area contributed by atoms with Crippen molar-refractivity contribution in [1.29, 1.82) is 0 Å². The van der Waals surface area contributed by atoms with Crippen LogP contribution in [0, 0.1) is 12.8 Å². The highest BCUT2D eigenvalue weighted by Crippen LogP contribution is 2.15. The second kappa shape index (κ2) is 6.68. The van der Waals surface area contributed by atoms with Gasteiger partial charge in [0.1, 0.15) is 0 Å². The van der Waals surface area contributed by atoms with Gasteiger partial charge in [-0.3, -0.25) is 9.78 Å². The normalized spacial score (nSPS) is 12.6. The van der Waals surface area contributed by atoms with Crippen LogP contribution in [-0.4, -0.2) is 28.6 Å². The van der Waals surface area contributed by atoms with Crippen molar-refractivity contribution in [2.24, 2.45) is 5.92 Å². The number of aliphatic hydroxyl groups is 1. The average Bonchev–Trinajstić information content (AvgIpc) is 2.45. The van der Waals surface area contributed by atoms with E-state index in [0.29, 0.717) is 11.5 Å². The minimum absolute atomic E-state index is 0.0434. The van der Waals surface area contributed by atoms with Gasteiger partial charge in [0.25, 0.3) is 5.91 Å². The maximum atomic E-state index is 12.3. The van der Waals surface area contributed by atoms with E-state index in [1.54, 1.807) is 6.07 Å². The molecule has 1 atom stereocenters. The van der Waals surface area contributed by atoms with E-state index in [-0.39, 0.29) is 18.6 Å². The fourth-order valence-corrected chi connectivity index (χ4v) is 2.39. The van der Waals surface area contributed by atoms with Gasteiger partial charge in [0.2, 0.25) is 0 Å². The summed E-state index contributed by atoms with van der Waals surface area (Å²) in [4.78, 5) is 16.7. The quantitative estimate of drug-likeness (QED) is 0.888. The molecule has 0 aliphatic carbocycles. The van der Waals surface area contributed by atoms with E-state index in [1.807, 2.05) is 31.2 Å². The second-order valence-electron chi connectivity index (χ2n) is 5.84. The van der Waals surface area contributed by atoms with Gasteiger partial charge in [-0.25, -0.2) is 0 Å². The Hall–Kier alpha value is -1.94. The van der Waals surface area contributed by atoms with Crippen molar-refractivity contribution in [2.75, 3.05) is 6.61 Å². The zero-order valence-electron chi connectivity index (χ0n) is 12.8. The Morgan fingerprint density at radius 2 is 2.05 bits per heavy atom. The summed E-state index contributed by atoms with van der Waals surface area (Å²) >= 11 is 0. The van der Waals surface area contributed by atoms with Crippen LogP contribution in [0.15, 0.2) is 30.3 Å². The van der Waals surface area contributed by atoms with Crippen LogP contribution in [0.5, 0.6) is 0 Å². The molecule has 1 unspecified atom stereocenters. The number of nitrogens with one attached hydrogen (secondary N) is 1. The number of rotatable bonds is 5. The van der Waals surface area contributed by atoms with Crippen LogP contribution in [-0.2, 0) is 0 Å². The first-order chi connectivity index (χ1) is 9.99. The molecule has 0 aliphatic rings. The third kappa shape index (κ3) is 4.02. The summed E-state index contributed by atoms with van der Waals surface area (Å²) in [5.41, 5.74) is 2.43. The number of aliphatic hydroxyl groups excluding tert-OH is 1. The Kier molecular flexibility index (Phi) is 4.91. The van der Waals surface area contributed by atoms with E-state index in [1.165, 1.54) is 0 Å². The molecule has 1 aromatic heterocycles. The lowest BCUT2D eigenvalue weighted by Crippen LogP contribution is -2.38. The molecule has 0 bridgehead atoms. The molecule has 0 saturated heterocycles. The van der Waals surface area contributed by atoms with E-state index in [9.17, 15) is 9.90 Å². The lowest BCUT2D eigenvalue weighted by Gasteiger charge is -2.18. The largest absolute Gasteiger partial charge is 0.394 e. The molecule has 0 fully saturated rings. The van der Waals surface area contributed by atoms with E-state index in [2.05, 4.69) is 24.1 Å². The molecule has 1 heterocycles. The van der Waals surface area contributed by atoms with Crippen molar-refractivity contribution in [2.45, 2.75) is 33.2 Å². The van der Waals surface area contributed by atoms with Gasteiger partial charge in [-0.05, 0) is 43.5 Å². The summed E-state index contributed by atoms with van der Waals surface area (Å²) in [6, 6.07) is 9.15. The fraction of sp³-hybridized carbons (Fsp3) is 0.412. The number of aryl methyl sites for hydroxylation is 1. The number of aromatic nitrogens is 1. The Morgan fingerprint density at radius 3 is 2.71 bits per heavy atom. The first-order valence-corrected chi connectivity index (χ1v) is 7.28. The van der Waals surface area contributed by atoms with Gasteiger partial charge >= 0.3 is 0 Å². The number of amides is 1. The van der Waals surface area contributed by atoms with Crippen LogP contribution < -0.4 is 5.32 Å². The summed E-state index contributed by atoms with van der Waals surface area (Å²) in [5, 5.41) is 13.2. The molecular formula is C17H22N2O2. The molecule has 0 radical (unpaired) electrons. The number of carbonyl (C=O) groups is 1. The van der Waals surface area contributed by atoms with Crippen molar-refractivity contribution in [3.8, 4) is 0 Å². The monoisotopic (exact) mass is 286 g/mol. The van der Waals surface area contributed by atoms with Crippen molar-refractivity contribution < 1.29 is 9.90 Å². The lowest BCUT2D eigenvalue weighted by atomic mass is 10.0. The van der Waals surface area contributed by atoms with Crippen molar-refractivity contribution >= 4 is 16.8 Å². The maximum absolute atomic E-state index is 12.3. The van der Waals surface area contributed by atoms with E-state index >= 15 is 0 Å². The first kappa shape index (κ1) is 15.4. The number of nitrogens with zero attached hydrogens (tertiary/aromatic N) is 1. The molecule has 0 aliphatic heterocycles. The number of fused-ring (bicyclic) bond motifs is 1. The van der Waals surface area contributed by atoms with Crippen LogP contribution in [0.3, 0.4) is 0 Å². The lowest BCUT2D eigenvalue weighted by molar-refractivity contribution is 0.0908. The zero-order chi connectivity index (χ0) is 15.4. The minimum Gasteiger partial charge on any atom is -0.394 e. The molecule has 1 amide bonds. The van der Waals surface area contributed by atoms with Crippen LogP contribution in [0.25, 0.3) is 10.9 Å². The van der Waals surface area contributed by atoms with Crippen molar-refractivity contribution in [3.63, 3.8) is 0 Å². The van der Waals surface area contributed by atoms with E-state index in [0.717, 1.165) is 23.0 Å². The van der Waals surface area contributed by atoms with Gasteiger partial charge in [0, 0.05) is 16.6 Å². The maximum Gasteiger partial charge on any atom is 0.251 e. The summed E-state index contributed by atoms with van der Waals surface area (Å²) in [5.74, 6) is 0.267. The molecule has 0 spiro atoms. The molecule has 2 rings (SSSR count). The van der Waals surface area contributed by atoms with E-state index < -0.39 is 0 Å². The Bertz CT molecular complexity index is 638. The summed E-state index contributed by atoms with van der Waals surface area (Å²) in [6.45, 7) is 6.04. The molecule has 0 saturated carbocycles. The predicted octanol–water partition coefficient (Wildman–Crippen LogP) is 2.68. The molecule has 2 aromatic rings. The standard InChI is InChI=1S/C17H22N2O2/c1-11(2)8-15(10-20)19-17(21)14-6-7-16-13(9-14)5-4-12(3)18-16/h4-7,9,11,15,20H,8,10H2,1-3H3,(H,19,21). The number of hydrogen-bond acceptors (Lipinski definition) is 3. The van der Waals surface area contributed by atoms with Crippen molar-refractivity contribution in [1.82, 2.24) is 10.3 Å². The molecule has 112 valence electrons. The first-order valence-electron chi connectivity index (χ1n) is 7.28. The molecule has 1 aromatic carbocycles. The smallest absolute Gasteiger partial charge is 0.251 e. The molecule has 4 nitrogen and oxygen atoms in total. The molecule has 4 heteroatoms. The van der Waals surface area contributed by atoms with Crippen LogP contribution >= 0.6 is 0 Å². The zero-order valence-corrected chi connectivity index (χ0v) is 12.8. The molecular weight excluding hydrogens is 264 g/mol.